The second-order valence-corrected chi connectivity index (χ2v) is 3.48. The number of ether oxygens (including phenoxy) is 1. The molecule has 0 saturated carbocycles. The molecule has 1 aromatic heterocycles. The summed E-state index contributed by atoms with van der Waals surface area (Å²) in [6.07, 6.45) is 1.46. The topological polar surface area (TPSA) is 63.2 Å². The minimum atomic E-state index is -0.559. The quantitative estimate of drug-likeness (QED) is 0.723. The van der Waals surface area contributed by atoms with Crippen LogP contribution < -0.4 is 10.6 Å². The molecule has 2 N–H and O–H groups in total. The number of amides is 1. The Hall–Kier alpha value is -1.69. The molecule has 0 aliphatic heterocycles. The summed E-state index contributed by atoms with van der Waals surface area (Å²) in [6.45, 7) is 2.50. The number of hydrogen-bond acceptors (Lipinski definition) is 4. The third kappa shape index (κ3) is 4.36. The Labute approximate surface area is 99.4 Å². The van der Waals surface area contributed by atoms with Crippen LogP contribution >= 0.6 is 0 Å². The molecule has 0 spiro atoms. The molecule has 5 nitrogen and oxygen atoms in total. The van der Waals surface area contributed by atoms with Crippen LogP contribution in [0.4, 0.5) is 10.2 Å². The standard InChI is InChI=1S/C11H16FN3O2/c1-8(11(16)14-6-7-17-2)15-10-9(12)4-3-5-13-10/h3-5,8H,6-7H2,1-2H3,(H,13,15)(H,14,16). The molecule has 1 amide bonds. The van der Waals surface area contributed by atoms with Crippen LogP contribution in [0.5, 0.6) is 0 Å². The molecule has 1 heterocycles. The minimum Gasteiger partial charge on any atom is -0.383 e. The van der Waals surface area contributed by atoms with Crippen LogP contribution in [0.3, 0.4) is 0 Å². The highest BCUT2D eigenvalue weighted by atomic mass is 19.1. The maximum absolute atomic E-state index is 13.2. The van der Waals surface area contributed by atoms with Gasteiger partial charge in [-0.3, -0.25) is 4.79 Å². The lowest BCUT2D eigenvalue weighted by Crippen LogP contribution is -2.39. The Balaban J connectivity index is 2.46. The van der Waals surface area contributed by atoms with Crippen LogP contribution in [-0.2, 0) is 9.53 Å². The summed E-state index contributed by atoms with van der Waals surface area (Å²) in [7, 11) is 1.55. The zero-order chi connectivity index (χ0) is 12.7. The van der Waals surface area contributed by atoms with Crippen LogP contribution in [0.2, 0.25) is 0 Å². The van der Waals surface area contributed by atoms with E-state index < -0.39 is 11.9 Å². The number of aromatic nitrogens is 1. The second kappa shape index (κ2) is 6.80. The van der Waals surface area contributed by atoms with Crippen molar-refractivity contribution in [1.29, 1.82) is 0 Å². The Kier molecular flexibility index (Phi) is 5.35. The molecule has 0 bridgehead atoms. The molecule has 1 atom stereocenters. The van der Waals surface area contributed by atoms with Gasteiger partial charge in [-0.1, -0.05) is 0 Å². The lowest BCUT2D eigenvalue weighted by Gasteiger charge is -2.14. The summed E-state index contributed by atoms with van der Waals surface area (Å²) in [5.74, 6) is -0.641. The van der Waals surface area contributed by atoms with E-state index in [2.05, 4.69) is 15.6 Å². The molecule has 0 aromatic carbocycles. The smallest absolute Gasteiger partial charge is 0.242 e. The fraction of sp³-hybridized carbons (Fsp3) is 0.455. The van der Waals surface area contributed by atoms with Gasteiger partial charge in [-0.05, 0) is 19.1 Å². The highest BCUT2D eigenvalue weighted by molar-refractivity contribution is 5.83. The van der Waals surface area contributed by atoms with Crippen molar-refractivity contribution in [3.63, 3.8) is 0 Å². The van der Waals surface area contributed by atoms with Gasteiger partial charge >= 0.3 is 0 Å². The van der Waals surface area contributed by atoms with Crippen LogP contribution in [0, 0.1) is 5.82 Å². The van der Waals surface area contributed by atoms with E-state index in [1.54, 1.807) is 14.0 Å². The van der Waals surface area contributed by atoms with Gasteiger partial charge in [0.15, 0.2) is 11.6 Å². The van der Waals surface area contributed by atoms with Crippen LogP contribution in [0.15, 0.2) is 18.3 Å². The highest BCUT2D eigenvalue weighted by Crippen LogP contribution is 2.09. The first-order chi connectivity index (χ1) is 8.15. The number of nitrogens with one attached hydrogen (secondary N) is 2. The maximum atomic E-state index is 13.2. The van der Waals surface area contributed by atoms with Gasteiger partial charge in [-0.15, -0.1) is 0 Å². The minimum absolute atomic E-state index is 0.0712. The van der Waals surface area contributed by atoms with E-state index >= 15 is 0 Å². The average Bonchev–Trinajstić information content (AvgIpc) is 2.32. The summed E-state index contributed by atoms with van der Waals surface area (Å²) < 4.78 is 18.0. The number of rotatable bonds is 6. The predicted octanol–water partition coefficient (Wildman–Crippen LogP) is 0.784. The van der Waals surface area contributed by atoms with Crippen molar-refractivity contribution in [2.45, 2.75) is 13.0 Å². The molecule has 1 unspecified atom stereocenters. The molecular weight excluding hydrogens is 225 g/mol. The third-order valence-corrected chi connectivity index (χ3v) is 2.11. The van der Waals surface area contributed by atoms with Crippen molar-refractivity contribution in [2.24, 2.45) is 0 Å². The van der Waals surface area contributed by atoms with E-state index in [-0.39, 0.29) is 11.7 Å². The number of carbonyl (C=O) groups is 1. The molecule has 0 aliphatic rings. The van der Waals surface area contributed by atoms with E-state index in [0.29, 0.717) is 13.2 Å². The molecule has 0 aliphatic carbocycles. The van der Waals surface area contributed by atoms with Crippen molar-refractivity contribution in [1.82, 2.24) is 10.3 Å². The number of anilines is 1. The van der Waals surface area contributed by atoms with Crippen LogP contribution in [-0.4, -0.2) is 37.2 Å². The van der Waals surface area contributed by atoms with Gasteiger partial charge in [-0.2, -0.15) is 0 Å². The van der Waals surface area contributed by atoms with Gasteiger partial charge in [-0.25, -0.2) is 9.37 Å². The van der Waals surface area contributed by atoms with Gasteiger partial charge < -0.3 is 15.4 Å². The fourth-order valence-corrected chi connectivity index (χ4v) is 1.19. The monoisotopic (exact) mass is 241 g/mol. The maximum Gasteiger partial charge on any atom is 0.242 e. The molecule has 6 heteroatoms. The Morgan fingerprint density at radius 2 is 2.41 bits per heavy atom. The summed E-state index contributed by atoms with van der Waals surface area (Å²) in [5.41, 5.74) is 0. The highest BCUT2D eigenvalue weighted by Gasteiger charge is 2.14. The van der Waals surface area contributed by atoms with E-state index in [0.717, 1.165) is 0 Å². The number of nitrogens with zero attached hydrogens (tertiary/aromatic N) is 1. The van der Waals surface area contributed by atoms with Gasteiger partial charge in [0.2, 0.25) is 5.91 Å². The van der Waals surface area contributed by atoms with Gasteiger partial charge in [0.1, 0.15) is 6.04 Å². The number of carbonyl (C=O) groups excluding carboxylic acids is 1. The number of pyridine rings is 1. The molecule has 17 heavy (non-hydrogen) atoms. The Bertz CT molecular complexity index is 373. The molecule has 0 radical (unpaired) electrons. The molecule has 0 saturated heterocycles. The number of hydrogen-bond donors (Lipinski definition) is 2. The Morgan fingerprint density at radius 3 is 3.06 bits per heavy atom. The molecule has 0 fully saturated rings. The first kappa shape index (κ1) is 13.4. The van der Waals surface area contributed by atoms with Crippen molar-refractivity contribution in [2.75, 3.05) is 25.6 Å². The van der Waals surface area contributed by atoms with E-state index in [4.69, 9.17) is 4.74 Å². The molecular formula is C11H16FN3O2. The van der Waals surface area contributed by atoms with Crippen LogP contribution in [0.1, 0.15) is 6.92 Å². The van der Waals surface area contributed by atoms with Gasteiger partial charge in [0, 0.05) is 19.9 Å². The van der Waals surface area contributed by atoms with Crippen molar-refractivity contribution >= 4 is 11.7 Å². The molecule has 1 aromatic rings. The summed E-state index contributed by atoms with van der Waals surface area (Å²) >= 11 is 0. The first-order valence-corrected chi connectivity index (χ1v) is 5.29. The number of methoxy groups -OCH3 is 1. The molecule has 1 rings (SSSR count). The second-order valence-electron chi connectivity index (χ2n) is 3.48. The largest absolute Gasteiger partial charge is 0.383 e. The van der Waals surface area contributed by atoms with Gasteiger partial charge in [0.05, 0.1) is 6.61 Å². The van der Waals surface area contributed by atoms with Crippen molar-refractivity contribution < 1.29 is 13.9 Å². The summed E-state index contributed by atoms with van der Waals surface area (Å²) in [4.78, 5) is 15.4. The fourth-order valence-electron chi connectivity index (χ4n) is 1.19. The predicted molar refractivity (Wildman–Crippen MR) is 62.2 cm³/mol. The van der Waals surface area contributed by atoms with Crippen molar-refractivity contribution in [3.8, 4) is 0 Å². The molecule has 94 valence electrons. The average molecular weight is 241 g/mol. The van der Waals surface area contributed by atoms with Gasteiger partial charge in [0.25, 0.3) is 0 Å². The lowest BCUT2D eigenvalue weighted by atomic mass is 10.3. The van der Waals surface area contributed by atoms with Crippen molar-refractivity contribution in [3.05, 3.63) is 24.1 Å². The lowest BCUT2D eigenvalue weighted by molar-refractivity contribution is -0.121. The normalized spacial score (nSPS) is 11.9. The zero-order valence-electron chi connectivity index (χ0n) is 9.87. The van der Waals surface area contributed by atoms with Crippen LogP contribution in [0.25, 0.3) is 0 Å². The van der Waals surface area contributed by atoms with E-state index in [1.807, 2.05) is 0 Å². The third-order valence-electron chi connectivity index (χ3n) is 2.11. The van der Waals surface area contributed by atoms with E-state index in [9.17, 15) is 9.18 Å². The first-order valence-electron chi connectivity index (χ1n) is 5.29. The van der Waals surface area contributed by atoms with E-state index in [1.165, 1.54) is 18.3 Å². The zero-order valence-corrected chi connectivity index (χ0v) is 9.87. The Morgan fingerprint density at radius 1 is 1.65 bits per heavy atom. The number of halogens is 1. The summed E-state index contributed by atoms with van der Waals surface area (Å²) in [5, 5.41) is 5.34. The summed E-state index contributed by atoms with van der Waals surface area (Å²) in [6, 6.07) is 2.21. The SMILES string of the molecule is COCCNC(=O)C(C)Nc1ncccc1F.